The molecule has 1 aromatic carbocycles. The number of benzene rings is 1. The summed E-state index contributed by atoms with van der Waals surface area (Å²) in [5, 5.41) is 17.2. The van der Waals surface area contributed by atoms with Gasteiger partial charge in [-0.05, 0) is 38.3 Å². The Morgan fingerprint density at radius 1 is 1.58 bits per heavy atom. The molecule has 0 aliphatic carbocycles. The standard InChI is InChI=1S/C17H24ClFN2O3/c1-24-16(22)21-10-4-8-17(23,12-5-3-9-20-11-12)13-6-2-7-14(19)15(13)18/h2,6-7,12,20,23H,3-5,8-11H2,1H3,(H,21,22)/t12-,17+/m1/s1. The van der Waals surface area contributed by atoms with Crippen molar-refractivity contribution in [3.8, 4) is 0 Å². The smallest absolute Gasteiger partial charge is 0.406 e. The van der Waals surface area contributed by atoms with E-state index in [0.29, 0.717) is 31.5 Å². The van der Waals surface area contributed by atoms with Crippen molar-refractivity contribution >= 4 is 17.7 Å². The second-order valence-corrected chi connectivity index (χ2v) is 6.47. The summed E-state index contributed by atoms with van der Waals surface area (Å²) in [5.74, 6) is -0.604. The number of ether oxygens (including phenoxy) is 1. The summed E-state index contributed by atoms with van der Waals surface area (Å²) in [5.41, 5.74) is -0.833. The van der Waals surface area contributed by atoms with E-state index in [1.54, 1.807) is 12.1 Å². The van der Waals surface area contributed by atoms with Gasteiger partial charge in [0.25, 0.3) is 0 Å². The van der Waals surface area contributed by atoms with Gasteiger partial charge in [-0.2, -0.15) is 0 Å². The molecule has 1 aromatic rings. The fourth-order valence-electron chi connectivity index (χ4n) is 3.28. The van der Waals surface area contributed by atoms with Gasteiger partial charge in [0.05, 0.1) is 17.7 Å². The average Bonchev–Trinajstić information content (AvgIpc) is 2.61. The lowest BCUT2D eigenvalue weighted by molar-refractivity contribution is -0.0421. The van der Waals surface area contributed by atoms with Crippen LogP contribution in [0.4, 0.5) is 9.18 Å². The van der Waals surface area contributed by atoms with Crippen LogP contribution in [-0.4, -0.2) is 37.9 Å². The molecule has 134 valence electrons. The molecule has 1 heterocycles. The second-order valence-electron chi connectivity index (χ2n) is 6.09. The molecule has 0 unspecified atom stereocenters. The first-order chi connectivity index (χ1) is 11.5. The molecule has 1 aliphatic rings. The Labute approximate surface area is 146 Å². The number of rotatable bonds is 6. The van der Waals surface area contributed by atoms with Crippen LogP contribution in [0, 0.1) is 11.7 Å². The number of halogens is 2. The number of aliphatic hydroxyl groups is 1. The summed E-state index contributed by atoms with van der Waals surface area (Å²) < 4.78 is 18.4. The van der Waals surface area contributed by atoms with E-state index in [0.717, 1.165) is 19.4 Å². The van der Waals surface area contributed by atoms with Crippen LogP contribution in [0.15, 0.2) is 18.2 Å². The second kappa shape index (κ2) is 8.65. The maximum Gasteiger partial charge on any atom is 0.406 e. The molecule has 2 atom stereocenters. The molecule has 5 nitrogen and oxygen atoms in total. The monoisotopic (exact) mass is 358 g/mol. The number of alkyl carbamates (subject to hydrolysis) is 1. The first-order valence-corrected chi connectivity index (χ1v) is 8.56. The largest absolute Gasteiger partial charge is 0.453 e. The molecule has 24 heavy (non-hydrogen) atoms. The van der Waals surface area contributed by atoms with Gasteiger partial charge in [0.2, 0.25) is 0 Å². The highest BCUT2D eigenvalue weighted by atomic mass is 35.5. The Morgan fingerprint density at radius 3 is 3.04 bits per heavy atom. The van der Waals surface area contributed by atoms with Crippen LogP contribution in [0.25, 0.3) is 0 Å². The zero-order valence-electron chi connectivity index (χ0n) is 13.8. The van der Waals surface area contributed by atoms with Crippen LogP contribution >= 0.6 is 11.6 Å². The number of methoxy groups -OCH3 is 1. The van der Waals surface area contributed by atoms with Crippen molar-refractivity contribution in [1.29, 1.82) is 0 Å². The molecule has 3 N–H and O–H groups in total. The van der Waals surface area contributed by atoms with E-state index in [1.807, 2.05) is 0 Å². The third-order valence-electron chi connectivity index (χ3n) is 4.58. The minimum Gasteiger partial charge on any atom is -0.453 e. The van der Waals surface area contributed by atoms with Gasteiger partial charge in [-0.25, -0.2) is 9.18 Å². The minimum absolute atomic E-state index is 0.0356. The normalized spacial score (nSPS) is 20.2. The lowest BCUT2D eigenvalue weighted by Crippen LogP contribution is -2.45. The van der Waals surface area contributed by atoms with Crippen LogP contribution in [0.5, 0.6) is 0 Å². The quantitative estimate of drug-likeness (QED) is 0.684. The zero-order chi connectivity index (χ0) is 17.6. The van der Waals surface area contributed by atoms with Gasteiger partial charge in [0, 0.05) is 24.6 Å². The van der Waals surface area contributed by atoms with Crippen LogP contribution in [0.3, 0.4) is 0 Å². The average molecular weight is 359 g/mol. The van der Waals surface area contributed by atoms with Crippen LogP contribution in [0.2, 0.25) is 5.02 Å². The predicted molar refractivity (Wildman–Crippen MR) is 90.5 cm³/mol. The molecular formula is C17H24ClFN2O3. The molecule has 1 aliphatic heterocycles. The third kappa shape index (κ3) is 4.37. The summed E-state index contributed by atoms with van der Waals surface area (Å²) in [6.07, 6.45) is 2.16. The Morgan fingerprint density at radius 2 is 2.38 bits per heavy atom. The number of nitrogens with one attached hydrogen (secondary N) is 2. The molecular weight excluding hydrogens is 335 g/mol. The molecule has 0 radical (unpaired) electrons. The van der Waals surface area contributed by atoms with Crippen LogP contribution in [0.1, 0.15) is 31.2 Å². The first kappa shape index (κ1) is 19.0. The number of amides is 1. The topological polar surface area (TPSA) is 70.6 Å². The van der Waals surface area contributed by atoms with E-state index in [9.17, 15) is 14.3 Å². The lowest BCUT2D eigenvalue weighted by Gasteiger charge is -2.40. The number of piperidine rings is 1. The molecule has 7 heteroatoms. The fourth-order valence-corrected chi connectivity index (χ4v) is 3.57. The van der Waals surface area contributed by atoms with Gasteiger partial charge in [-0.1, -0.05) is 23.7 Å². The Hall–Kier alpha value is -1.37. The highest BCUT2D eigenvalue weighted by molar-refractivity contribution is 6.31. The van der Waals surface area contributed by atoms with Crippen LogP contribution in [-0.2, 0) is 10.3 Å². The summed E-state index contributed by atoms with van der Waals surface area (Å²) >= 11 is 6.14. The highest BCUT2D eigenvalue weighted by Gasteiger charge is 2.40. The Balaban J connectivity index is 2.17. The molecule has 0 bridgehead atoms. The molecule has 0 spiro atoms. The van der Waals surface area contributed by atoms with Crippen molar-refractivity contribution in [2.24, 2.45) is 5.92 Å². The Kier molecular flexibility index (Phi) is 6.83. The van der Waals surface area contributed by atoms with E-state index < -0.39 is 17.5 Å². The maximum atomic E-state index is 13.9. The number of carbonyl (C=O) groups is 1. The molecule has 0 saturated carbocycles. The zero-order valence-corrected chi connectivity index (χ0v) is 14.5. The van der Waals surface area contributed by atoms with E-state index in [1.165, 1.54) is 13.2 Å². The molecule has 2 rings (SSSR count). The number of carbonyl (C=O) groups excluding carboxylic acids is 1. The molecule has 1 saturated heterocycles. The van der Waals surface area contributed by atoms with E-state index in [4.69, 9.17) is 11.6 Å². The fraction of sp³-hybridized carbons (Fsp3) is 0.588. The SMILES string of the molecule is COC(=O)NCCC[C@@](O)(c1cccc(F)c1Cl)[C@@H]1CCCNC1. The summed E-state index contributed by atoms with van der Waals surface area (Å²) in [6, 6.07) is 4.52. The molecule has 1 fully saturated rings. The van der Waals surface area contributed by atoms with Crippen molar-refractivity contribution in [3.63, 3.8) is 0 Å². The van der Waals surface area contributed by atoms with Gasteiger partial charge in [0.15, 0.2) is 0 Å². The van der Waals surface area contributed by atoms with Crippen molar-refractivity contribution in [2.45, 2.75) is 31.3 Å². The van der Waals surface area contributed by atoms with Crippen molar-refractivity contribution in [2.75, 3.05) is 26.7 Å². The highest BCUT2D eigenvalue weighted by Crippen LogP contribution is 2.41. The van der Waals surface area contributed by atoms with Crippen molar-refractivity contribution < 1.29 is 19.0 Å². The van der Waals surface area contributed by atoms with Crippen molar-refractivity contribution in [1.82, 2.24) is 10.6 Å². The number of hydrogen-bond acceptors (Lipinski definition) is 4. The summed E-state index contributed by atoms with van der Waals surface area (Å²) in [7, 11) is 1.30. The predicted octanol–water partition coefficient (Wildman–Crippen LogP) is 2.80. The van der Waals surface area contributed by atoms with E-state index in [-0.39, 0.29) is 10.9 Å². The van der Waals surface area contributed by atoms with Gasteiger partial charge in [-0.15, -0.1) is 0 Å². The summed E-state index contributed by atoms with van der Waals surface area (Å²) in [6.45, 7) is 1.92. The van der Waals surface area contributed by atoms with Crippen molar-refractivity contribution in [3.05, 3.63) is 34.6 Å². The van der Waals surface area contributed by atoms with E-state index in [2.05, 4.69) is 15.4 Å². The third-order valence-corrected chi connectivity index (χ3v) is 4.96. The van der Waals surface area contributed by atoms with Gasteiger partial charge in [0.1, 0.15) is 5.82 Å². The maximum absolute atomic E-state index is 13.9. The molecule has 0 aromatic heterocycles. The van der Waals surface area contributed by atoms with Gasteiger partial charge in [-0.3, -0.25) is 0 Å². The van der Waals surface area contributed by atoms with E-state index >= 15 is 0 Å². The summed E-state index contributed by atoms with van der Waals surface area (Å²) in [4.78, 5) is 11.1. The molecule has 1 amide bonds. The lowest BCUT2D eigenvalue weighted by atomic mass is 9.74. The van der Waals surface area contributed by atoms with Crippen LogP contribution < -0.4 is 10.6 Å². The Bertz CT molecular complexity index is 567. The minimum atomic E-state index is -1.25. The van der Waals surface area contributed by atoms with Gasteiger partial charge < -0.3 is 20.5 Å². The first-order valence-electron chi connectivity index (χ1n) is 8.18. The van der Waals surface area contributed by atoms with Gasteiger partial charge >= 0.3 is 6.09 Å². The number of hydrogen-bond donors (Lipinski definition) is 3.